The van der Waals surface area contributed by atoms with E-state index >= 15 is 0 Å². The average Bonchev–Trinajstić information content (AvgIpc) is 3.05. The Morgan fingerprint density at radius 3 is 2.72 bits per heavy atom. The number of aromatic nitrogens is 3. The quantitative estimate of drug-likeness (QED) is 0.281. The van der Waals surface area contributed by atoms with Gasteiger partial charge in [-0.05, 0) is 83.3 Å². The minimum Gasteiger partial charge on any atom is -0.493 e. The van der Waals surface area contributed by atoms with Crippen LogP contribution in [-0.2, 0) is 13.0 Å². The summed E-state index contributed by atoms with van der Waals surface area (Å²) in [5.41, 5.74) is 2.62. The van der Waals surface area contributed by atoms with Gasteiger partial charge in [0, 0.05) is 74.6 Å². The van der Waals surface area contributed by atoms with Crippen LogP contribution in [0.2, 0.25) is 0 Å². The van der Waals surface area contributed by atoms with Crippen LogP contribution in [0.15, 0.2) is 43.0 Å². The molecule has 1 N–H and O–H groups in total. The summed E-state index contributed by atoms with van der Waals surface area (Å²) in [7, 11) is 0. The Labute approximate surface area is 277 Å². The first-order chi connectivity index (χ1) is 22.7. The number of rotatable bonds is 12. The van der Waals surface area contributed by atoms with E-state index in [1.165, 1.54) is 48.6 Å². The summed E-state index contributed by atoms with van der Waals surface area (Å²) in [6, 6.07) is 6.01. The lowest BCUT2D eigenvalue weighted by molar-refractivity contribution is 0.0713. The van der Waals surface area contributed by atoms with Crippen molar-refractivity contribution in [3.8, 4) is 17.2 Å². The molecule has 252 valence electrons. The molecule has 2 fully saturated rings. The molecule has 0 radical (unpaired) electrons. The van der Waals surface area contributed by atoms with Gasteiger partial charge in [0.25, 0.3) is 5.91 Å². The van der Waals surface area contributed by atoms with Crippen LogP contribution < -0.4 is 19.7 Å². The first-order valence-electron chi connectivity index (χ1n) is 17.1. The lowest BCUT2D eigenvalue weighted by atomic mass is 9.79. The lowest BCUT2D eigenvalue weighted by Gasteiger charge is -2.49. The number of halogens is 1. The molecule has 2 aromatic heterocycles. The monoisotopic (exact) mass is 645 g/mol. The van der Waals surface area contributed by atoms with Gasteiger partial charge in [-0.15, -0.1) is 0 Å². The molecule has 1 amide bonds. The van der Waals surface area contributed by atoms with Gasteiger partial charge in [0.2, 0.25) is 0 Å². The van der Waals surface area contributed by atoms with E-state index in [2.05, 4.69) is 37.0 Å². The molecule has 1 aromatic carbocycles. The van der Waals surface area contributed by atoms with E-state index in [0.29, 0.717) is 24.7 Å². The summed E-state index contributed by atoms with van der Waals surface area (Å²) in [5, 5.41) is 3.47. The molecule has 6 rings (SSSR count). The van der Waals surface area contributed by atoms with Crippen LogP contribution in [-0.4, -0.2) is 89.1 Å². The molecule has 0 atom stereocenters. The number of amides is 1. The van der Waals surface area contributed by atoms with Crippen molar-refractivity contribution < 1.29 is 18.7 Å². The molecule has 0 unspecified atom stereocenters. The summed E-state index contributed by atoms with van der Waals surface area (Å²) in [4.78, 5) is 33.2. The van der Waals surface area contributed by atoms with E-state index in [1.807, 2.05) is 33.0 Å². The third-order valence-corrected chi connectivity index (χ3v) is 9.81. The van der Waals surface area contributed by atoms with Gasteiger partial charge >= 0.3 is 0 Å². The highest BCUT2D eigenvalue weighted by Gasteiger charge is 2.40. The second kappa shape index (κ2) is 14.5. The Morgan fingerprint density at radius 1 is 1.15 bits per heavy atom. The predicted molar refractivity (Wildman–Crippen MR) is 180 cm³/mol. The third-order valence-electron chi connectivity index (χ3n) is 9.81. The van der Waals surface area contributed by atoms with Gasteiger partial charge in [-0.2, -0.15) is 0 Å². The molecule has 0 aliphatic carbocycles. The van der Waals surface area contributed by atoms with Crippen molar-refractivity contribution in [1.29, 1.82) is 0 Å². The van der Waals surface area contributed by atoms with Gasteiger partial charge in [0.15, 0.2) is 11.6 Å². The normalized spacial score (nSPS) is 18.0. The zero-order valence-electron chi connectivity index (χ0n) is 28.2. The molecule has 3 aromatic rings. The minimum absolute atomic E-state index is 0.0340. The number of fused-ring (bicyclic) bond motifs is 1. The van der Waals surface area contributed by atoms with Crippen molar-refractivity contribution >= 4 is 11.7 Å². The maximum atomic E-state index is 14.3. The number of carbonyl (C=O) groups is 1. The van der Waals surface area contributed by atoms with Crippen LogP contribution in [0, 0.1) is 17.2 Å². The van der Waals surface area contributed by atoms with E-state index < -0.39 is 5.82 Å². The summed E-state index contributed by atoms with van der Waals surface area (Å²) in [5.74, 6) is 2.30. The molecule has 5 heterocycles. The van der Waals surface area contributed by atoms with Gasteiger partial charge in [0.1, 0.15) is 23.6 Å². The van der Waals surface area contributed by atoms with Gasteiger partial charge in [0.05, 0.1) is 18.4 Å². The van der Waals surface area contributed by atoms with Crippen LogP contribution in [0.3, 0.4) is 0 Å². The second-order valence-corrected chi connectivity index (χ2v) is 13.8. The van der Waals surface area contributed by atoms with Crippen LogP contribution in [0.5, 0.6) is 17.2 Å². The Bertz CT molecular complexity index is 1540. The van der Waals surface area contributed by atoms with Crippen molar-refractivity contribution in [2.45, 2.75) is 66.0 Å². The van der Waals surface area contributed by atoms with Crippen molar-refractivity contribution in [2.75, 3.05) is 57.3 Å². The number of piperidine rings is 1. The van der Waals surface area contributed by atoms with Crippen molar-refractivity contribution in [3.05, 3.63) is 65.6 Å². The molecular formula is C36H48FN7O3. The molecule has 47 heavy (non-hydrogen) atoms. The van der Waals surface area contributed by atoms with E-state index in [0.717, 1.165) is 70.3 Å². The molecule has 3 aliphatic rings. The molecule has 2 saturated heterocycles. The highest BCUT2D eigenvalue weighted by Crippen LogP contribution is 2.41. The topological polar surface area (TPSA) is 96.0 Å². The average molecular weight is 646 g/mol. The minimum atomic E-state index is -0.493. The molecule has 3 aliphatic heterocycles. The van der Waals surface area contributed by atoms with Gasteiger partial charge in [-0.3, -0.25) is 14.7 Å². The highest BCUT2D eigenvalue weighted by molar-refractivity contribution is 5.97. The smallest absolute Gasteiger partial charge is 0.257 e. The molecule has 11 heteroatoms. The summed E-state index contributed by atoms with van der Waals surface area (Å²) < 4.78 is 27.0. The van der Waals surface area contributed by atoms with E-state index in [1.54, 1.807) is 11.1 Å². The number of nitrogens with zero attached hydrogens (tertiary/aromatic N) is 6. The van der Waals surface area contributed by atoms with E-state index in [9.17, 15) is 9.18 Å². The van der Waals surface area contributed by atoms with Crippen LogP contribution in [0.25, 0.3) is 0 Å². The molecular weight excluding hydrogens is 597 g/mol. The Morgan fingerprint density at radius 2 is 1.96 bits per heavy atom. The van der Waals surface area contributed by atoms with Gasteiger partial charge in [-0.1, -0.05) is 6.92 Å². The Balaban J connectivity index is 1.07. The number of anilines is 1. The predicted octanol–water partition coefficient (Wildman–Crippen LogP) is 5.33. The number of hydrogen-bond donors (Lipinski definition) is 1. The van der Waals surface area contributed by atoms with E-state index in [-0.39, 0.29) is 28.7 Å². The fourth-order valence-electron chi connectivity index (χ4n) is 7.17. The number of nitrogens with one attached hydrogen (secondary N) is 1. The SMILES string of the molecule is CCN(C(=O)c1cc(F)ccc1Oc1cncnc1N1CC(C)(CCOc2ccnc3c2CN(CC2CCNCC2)CC3)C1)C(C)C. The van der Waals surface area contributed by atoms with Crippen LogP contribution in [0.1, 0.15) is 68.6 Å². The summed E-state index contributed by atoms with van der Waals surface area (Å²) >= 11 is 0. The lowest BCUT2D eigenvalue weighted by Crippen LogP contribution is -2.55. The number of pyridine rings is 1. The fraction of sp³-hybridized carbons (Fsp3) is 0.556. The third kappa shape index (κ3) is 7.67. The largest absolute Gasteiger partial charge is 0.493 e. The number of benzene rings is 1. The van der Waals surface area contributed by atoms with Gasteiger partial charge < -0.3 is 24.6 Å². The zero-order chi connectivity index (χ0) is 33.0. The molecule has 0 spiro atoms. The molecule has 10 nitrogen and oxygen atoms in total. The summed E-state index contributed by atoms with van der Waals surface area (Å²) in [6.07, 6.45) is 9.33. The number of hydrogen-bond acceptors (Lipinski definition) is 9. The summed E-state index contributed by atoms with van der Waals surface area (Å²) in [6.45, 7) is 16.1. The van der Waals surface area contributed by atoms with Crippen LogP contribution in [0.4, 0.5) is 10.2 Å². The standard InChI is InChI=1S/C36H48FN7O3/c1-5-44(25(2)3)35(45)28-18-27(37)6-7-32(28)47-33-19-39-24-41-34(33)43-22-36(4,23-43)12-17-46-31-10-15-40-30-11-16-42(21-29(30)31)20-26-8-13-38-14-9-26/h6-7,10,15,18-19,24-26,38H,5,8-9,11-14,16-17,20-23H2,1-4H3. The van der Waals surface area contributed by atoms with Crippen molar-refractivity contribution in [1.82, 2.24) is 30.1 Å². The Hall–Kier alpha value is -3.83. The number of ether oxygens (including phenoxy) is 2. The Kier molecular flexibility index (Phi) is 10.2. The first kappa shape index (κ1) is 33.1. The van der Waals surface area contributed by atoms with E-state index in [4.69, 9.17) is 9.47 Å². The highest BCUT2D eigenvalue weighted by atomic mass is 19.1. The number of carbonyl (C=O) groups excluding carboxylic acids is 1. The van der Waals surface area contributed by atoms with Gasteiger partial charge in [-0.25, -0.2) is 14.4 Å². The first-order valence-corrected chi connectivity index (χ1v) is 17.1. The fourth-order valence-corrected chi connectivity index (χ4v) is 7.17. The zero-order valence-corrected chi connectivity index (χ0v) is 28.2. The van der Waals surface area contributed by atoms with Crippen molar-refractivity contribution in [3.63, 3.8) is 0 Å². The van der Waals surface area contributed by atoms with Crippen molar-refractivity contribution in [2.24, 2.45) is 11.3 Å². The maximum Gasteiger partial charge on any atom is 0.257 e. The van der Waals surface area contributed by atoms with Crippen LogP contribution >= 0.6 is 0 Å². The molecule has 0 saturated carbocycles. The molecule has 0 bridgehead atoms. The second-order valence-electron chi connectivity index (χ2n) is 13.8. The maximum absolute atomic E-state index is 14.3.